The summed E-state index contributed by atoms with van der Waals surface area (Å²) in [4.78, 5) is 34.9. The predicted molar refractivity (Wildman–Crippen MR) is 214 cm³/mol. The van der Waals surface area contributed by atoms with Gasteiger partial charge in [-0.25, -0.2) is 4.57 Å². The van der Waals surface area contributed by atoms with Crippen molar-refractivity contribution in [3.05, 3.63) is 36.5 Å². The van der Waals surface area contributed by atoms with E-state index in [1.807, 2.05) is 6.08 Å². The van der Waals surface area contributed by atoms with Crippen molar-refractivity contribution in [3.8, 4) is 0 Å². The molecule has 53 heavy (non-hydrogen) atoms. The Bertz CT molecular complexity index is 983. The number of carbonyl (C=O) groups excluding carboxylic acids is 2. The van der Waals surface area contributed by atoms with Crippen LogP contribution in [0.1, 0.15) is 181 Å². The molecule has 0 aliphatic rings. The summed E-state index contributed by atoms with van der Waals surface area (Å²) in [7, 11) is -4.63. The van der Waals surface area contributed by atoms with Crippen LogP contribution in [-0.4, -0.2) is 65.7 Å². The van der Waals surface area contributed by atoms with Gasteiger partial charge in [0.1, 0.15) is 12.7 Å². The molecule has 0 aliphatic carbocycles. The number of hydrogen-bond donors (Lipinski definition) is 3. The summed E-state index contributed by atoms with van der Waals surface area (Å²) >= 11 is 0. The van der Waals surface area contributed by atoms with Gasteiger partial charge in [0.2, 0.25) is 0 Å². The minimum atomic E-state index is -4.63. The highest BCUT2D eigenvalue weighted by Gasteiger charge is 2.27. The summed E-state index contributed by atoms with van der Waals surface area (Å²) < 4.78 is 32.6. The van der Waals surface area contributed by atoms with Gasteiger partial charge in [0.05, 0.1) is 19.8 Å². The molecule has 10 nitrogen and oxygen atoms in total. The third kappa shape index (κ3) is 38.3. The van der Waals surface area contributed by atoms with Crippen LogP contribution in [0.2, 0.25) is 0 Å². The van der Waals surface area contributed by atoms with E-state index in [-0.39, 0.29) is 19.4 Å². The molecule has 0 rings (SSSR count). The molecule has 1 unspecified atom stereocenters. The molecule has 0 amide bonds. The highest BCUT2D eigenvalue weighted by molar-refractivity contribution is 7.47. The Labute approximate surface area is 322 Å². The molecule has 0 radical (unpaired) electrons. The van der Waals surface area contributed by atoms with Gasteiger partial charge in [0.25, 0.3) is 0 Å². The predicted octanol–water partition coefficient (Wildman–Crippen LogP) is 10.8. The molecular formula is C42H77O10P. The number of phosphoric ester groups is 1. The van der Waals surface area contributed by atoms with E-state index >= 15 is 0 Å². The average Bonchev–Trinajstić information content (AvgIpc) is 3.14. The van der Waals surface area contributed by atoms with E-state index in [2.05, 4.69) is 48.8 Å². The van der Waals surface area contributed by atoms with Crippen LogP contribution in [0.25, 0.3) is 0 Å². The Morgan fingerprint density at radius 3 is 1.53 bits per heavy atom. The van der Waals surface area contributed by atoms with Crippen molar-refractivity contribution in [1.29, 1.82) is 0 Å². The third-order valence-electron chi connectivity index (χ3n) is 8.77. The molecule has 3 atom stereocenters. The monoisotopic (exact) mass is 773 g/mol. The van der Waals surface area contributed by atoms with Crippen molar-refractivity contribution < 1.29 is 47.8 Å². The number of ether oxygens (including phenoxy) is 2. The van der Waals surface area contributed by atoms with Gasteiger partial charge >= 0.3 is 19.8 Å². The number of rotatable bonds is 39. The van der Waals surface area contributed by atoms with Crippen molar-refractivity contribution in [2.24, 2.45) is 0 Å². The second kappa shape index (κ2) is 38.5. The average molecular weight is 773 g/mol. The lowest BCUT2D eigenvalue weighted by atomic mass is 10.1. The summed E-state index contributed by atoms with van der Waals surface area (Å²) in [5.74, 6) is -0.996. The first-order valence-electron chi connectivity index (χ1n) is 20.9. The molecule has 0 saturated carbocycles. The van der Waals surface area contributed by atoms with E-state index < -0.39 is 51.8 Å². The Kier molecular flexibility index (Phi) is 37.2. The van der Waals surface area contributed by atoms with Crippen molar-refractivity contribution >= 4 is 19.8 Å². The fourth-order valence-electron chi connectivity index (χ4n) is 5.50. The number of aliphatic hydroxyl groups excluding tert-OH is 2. The van der Waals surface area contributed by atoms with E-state index in [1.54, 1.807) is 0 Å². The molecule has 0 saturated heterocycles. The minimum Gasteiger partial charge on any atom is -0.462 e. The standard InChI is InChI=1S/C42H77O10P/c1-3-5-7-9-11-13-15-17-18-19-20-22-23-25-27-29-31-33-41(45)49-37-40(38-51-53(47,48)50-36-39(44)35-43)52-42(46)34-32-30-28-26-24-21-16-14-12-10-8-6-4-2/h20-22,24-25,27,39-40,43-44H,3-19,23,26,28-38H2,1-2H3,(H,47,48)/b22-20+,24-21+,27-25+/t39-,40+/m0/s1. The van der Waals surface area contributed by atoms with Crippen molar-refractivity contribution in [2.45, 2.75) is 193 Å². The normalized spacial score (nSPS) is 14.3. The van der Waals surface area contributed by atoms with Gasteiger partial charge < -0.3 is 24.6 Å². The van der Waals surface area contributed by atoms with Gasteiger partial charge in [0.15, 0.2) is 6.10 Å². The smallest absolute Gasteiger partial charge is 0.462 e. The van der Waals surface area contributed by atoms with E-state index in [4.69, 9.17) is 19.1 Å². The van der Waals surface area contributed by atoms with Crippen LogP contribution in [0.5, 0.6) is 0 Å². The Hall–Kier alpha value is -1.81. The lowest BCUT2D eigenvalue weighted by Crippen LogP contribution is -2.29. The first-order valence-corrected chi connectivity index (χ1v) is 22.4. The molecule has 310 valence electrons. The number of unbranched alkanes of at least 4 members (excludes halogenated alkanes) is 19. The van der Waals surface area contributed by atoms with Crippen molar-refractivity contribution in [3.63, 3.8) is 0 Å². The molecule has 11 heteroatoms. The van der Waals surface area contributed by atoms with E-state index in [0.717, 1.165) is 44.9 Å². The molecular weight excluding hydrogens is 695 g/mol. The van der Waals surface area contributed by atoms with Crippen LogP contribution in [0, 0.1) is 0 Å². The largest absolute Gasteiger partial charge is 0.472 e. The zero-order valence-corrected chi connectivity index (χ0v) is 34.4. The quantitative estimate of drug-likeness (QED) is 0.0238. The maximum atomic E-state index is 12.6. The zero-order chi connectivity index (χ0) is 39.1. The molecule has 3 N–H and O–H groups in total. The van der Waals surface area contributed by atoms with Gasteiger partial charge in [-0.2, -0.15) is 0 Å². The van der Waals surface area contributed by atoms with Crippen LogP contribution in [0.3, 0.4) is 0 Å². The van der Waals surface area contributed by atoms with Crippen LogP contribution in [0.4, 0.5) is 0 Å². The van der Waals surface area contributed by atoms with Crippen LogP contribution < -0.4 is 0 Å². The lowest BCUT2D eigenvalue weighted by molar-refractivity contribution is -0.161. The molecule has 0 heterocycles. The second-order valence-electron chi connectivity index (χ2n) is 14.0. The molecule has 0 aliphatic heterocycles. The second-order valence-corrected chi connectivity index (χ2v) is 15.5. The van der Waals surface area contributed by atoms with Gasteiger partial charge in [-0.05, 0) is 64.2 Å². The summed E-state index contributed by atoms with van der Waals surface area (Å²) in [6.45, 7) is 2.30. The molecule has 0 aromatic carbocycles. The van der Waals surface area contributed by atoms with Gasteiger partial charge in [-0.1, -0.05) is 140 Å². The minimum absolute atomic E-state index is 0.155. The summed E-state index contributed by atoms with van der Waals surface area (Å²) in [5.41, 5.74) is 0. The molecule has 0 spiro atoms. The number of aliphatic hydroxyl groups is 2. The number of phosphoric acid groups is 1. The van der Waals surface area contributed by atoms with Crippen LogP contribution >= 0.6 is 7.82 Å². The molecule has 0 bridgehead atoms. The number of esters is 2. The van der Waals surface area contributed by atoms with Crippen LogP contribution in [-0.2, 0) is 32.7 Å². The summed E-state index contributed by atoms with van der Waals surface area (Å²) in [6, 6.07) is 0. The first-order chi connectivity index (χ1) is 25.7. The van der Waals surface area contributed by atoms with Crippen molar-refractivity contribution in [2.75, 3.05) is 26.4 Å². The first kappa shape index (κ1) is 51.2. The van der Waals surface area contributed by atoms with E-state index in [9.17, 15) is 24.2 Å². The molecule has 0 fully saturated rings. The third-order valence-corrected chi connectivity index (χ3v) is 9.72. The Balaban J connectivity index is 4.39. The highest BCUT2D eigenvalue weighted by atomic mass is 31.2. The SMILES string of the molecule is CCCCCCCC/C=C/CCCCCC(=O)O[C@H](COC(=O)CCC/C=C/C/C=C/CCCCCCCCCCC)COP(=O)(O)OC[C@@H](O)CO. The molecule has 0 aromatic heterocycles. The van der Waals surface area contributed by atoms with Gasteiger partial charge in [0, 0.05) is 12.8 Å². The fraction of sp³-hybridized carbons (Fsp3) is 0.810. The number of allylic oxidation sites excluding steroid dienone is 6. The van der Waals surface area contributed by atoms with Gasteiger partial charge in [-0.15, -0.1) is 0 Å². The van der Waals surface area contributed by atoms with Crippen molar-refractivity contribution in [1.82, 2.24) is 0 Å². The fourth-order valence-corrected chi connectivity index (χ4v) is 6.29. The summed E-state index contributed by atoms with van der Waals surface area (Å²) in [6.07, 6.45) is 38.4. The maximum absolute atomic E-state index is 12.6. The number of hydrogen-bond acceptors (Lipinski definition) is 9. The van der Waals surface area contributed by atoms with E-state index in [0.29, 0.717) is 12.8 Å². The Morgan fingerprint density at radius 1 is 0.566 bits per heavy atom. The zero-order valence-electron chi connectivity index (χ0n) is 33.5. The Morgan fingerprint density at radius 2 is 1.00 bits per heavy atom. The van der Waals surface area contributed by atoms with Crippen LogP contribution in [0.15, 0.2) is 36.5 Å². The number of carbonyl (C=O) groups is 2. The molecule has 0 aromatic rings. The highest BCUT2D eigenvalue weighted by Crippen LogP contribution is 2.43. The van der Waals surface area contributed by atoms with E-state index in [1.165, 1.54) is 96.3 Å². The topological polar surface area (TPSA) is 149 Å². The maximum Gasteiger partial charge on any atom is 0.472 e. The summed E-state index contributed by atoms with van der Waals surface area (Å²) in [5, 5.41) is 18.3. The lowest BCUT2D eigenvalue weighted by Gasteiger charge is -2.20. The van der Waals surface area contributed by atoms with Gasteiger partial charge in [-0.3, -0.25) is 18.6 Å².